The number of ketones is 4. The highest BCUT2D eigenvalue weighted by Crippen LogP contribution is 2.10. The molecule has 732 valence electrons. The van der Waals surface area contributed by atoms with E-state index in [1.54, 1.807) is 0 Å². The van der Waals surface area contributed by atoms with Gasteiger partial charge < -0.3 is 119 Å². The van der Waals surface area contributed by atoms with E-state index in [1.165, 1.54) is 41.5 Å². The molecule has 18 amide bonds. The zero-order chi connectivity index (χ0) is 98.1. The van der Waals surface area contributed by atoms with Gasteiger partial charge in [-0.2, -0.15) is 0 Å². The standard InChI is InChI=1S/C23H42N6O6.C22H40N6O6.C20H37N5O5.C19H35N5O5/c1-5-8-19(31)17(29-23(35)15(3)27-16(4)30)10-11-20(32)26-13-7-9-18(22(24)34)28-21(33)14-25-12-6-2;1-5-8-18(30)17(28-22(34)14(3)26-15(4)29)12-19(31)25-11-7-9-16(21(23)33)27-20(32)13-24-10-6-2;1-4-7-17(27)15(24-14(3)26)9-10-18(28)23-12-6-8-16(20(21)30)25-19(29)13-22-11-5-2;1-4-7-16(26)15(23-13(3)25)11-17(27)22-10-6-8-14(19(20)29)24-18(28)12-21-9-5-2/h15,17-18,25H,5-14H2,1-4H3,(H2,24,34)(H,26,32)(H,27,30)(H,28,33)(H,29,35);14,16-17,24H,5-13H2,1-4H3,(H2,23,33)(H,25,31)(H,26,29)(H,27,32)(H,28,34);15-16,22H,4-13H2,1-3H3,(H2,21,30)(H,23,28)(H,24,26)(H,25,29);14-15,21H,4-12H2,1-3H3,(H2,20,29)(H,22,27)(H,23,25)(H,24,28). The van der Waals surface area contributed by atoms with Crippen molar-refractivity contribution < 1.29 is 105 Å². The van der Waals surface area contributed by atoms with E-state index in [0.717, 1.165) is 25.7 Å². The second kappa shape index (κ2) is 77.1. The molecule has 0 aromatic heterocycles. The molecule has 0 radical (unpaired) electrons. The van der Waals surface area contributed by atoms with E-state index >= 15 is 0 Å². The fraction of sp³-hybridized carbons (Fsp3) is 0.738. The summed E-state index contributed by atoms with van der Waals surface area (Å²) in [4.78, 5) is 260. The maximum Gasteiger partial charge on any atom is 0.242 e. The van der Waals surface area contributed by atoms with Gasteiger partial charge in [-0.05, 0) is 156 Å². The van der Waals surface area contributed by atoms with Crippen LogP contribution in [0.1, 0.15) is 264 Å². The molecule has 0 aliphatic heterocycles. The Morgan fingerprint density at radius 2 is 0.445 bits per heavy atom. The van der Waals surface area contributed by atoms with E-state index in [9.17, 15) is 105 Å². The Morgan fingerprint density at radius 1 is 0.227 bits per heavy atom. The number of hydrogen-bond acceptors (Lipinski definition) is 26. The number of primary amides is 4. The molecule has 0 fully saturated rings. The molecule has 44 heteroatoms. The number of hydrogen-bond donors (Lipinski definition) is 22. The van der Waals surface area contributed by atoms with Gasteiger partial charge in [-0.1, -0.05) is 55.4 Å². The Bertz CT molecular complexity index is 3460. The van der Waals surface area contributed by atoms with Crippen LogP contribution < -0.4 is 119 Å². The minimum atomic E-state index is -1.02. The second-order valence-electron chi connectivity index (χ2n) is 30.6. The van der Waals surface area contributed by atoms with E-state index in [1.807, 2.05) is 55.4 Å². The molecule has 0 bridgehead atoms. The quantitative estimate of drug-likeness (QED) is 0.0260. The molecule has 0 aliphatic rings. The summed E-state index contributed by atoms with van der Waals surface area (Å²) < 4.78 is 0. The van der Waals surface area contributed by atoms with Gasteiger partial charge in [0.25, 0.3) is 0 Å². The van der Waals surface area contributed by atoms with Gasteiger partial charge in [-0.3, -0.25) is 105 Å². The van der Waals surface area contributed by atoms with Gasteiger partial charge in [0.1, 0.15) is 36.3 Å². The zero-order valence-electron chi connectivity index (χ0n) is 77.9. The fourth-order valence-electron chi connectivity index (χ4n) is 11.6. The molecule has 10 unspecified atom stereocenters. The third kappa shape index (κ3) is 69.1. The van der Waals surface area contributed by atoms with Crippen LogP contribution >= 0.6 is 0 Å². The number of Topliss-reactive ketones (excluding diaryl/α,β-unsaturated/α-hetero) is 4. The third-order valence-electron chi connectivity index (χ3n) is 18.2. The summed E-state index contributed by atoms with van der Waals surface area (Å²) in [7, 11) is 0. The van der Waals surface area contributed by atoms with Crippen LogP contribution in [0.4, 0.5) is 0 Å². The van der Waals surface area contributed by atoms with Crippen molar-refractivity contribution in [3.05, 3.63) is 0 Å². The Hall–Kier alpha value is -11.0. The Kier molecular flexibility index (Phi) is 74.3. The fourth-order valence-corrected chi connectivity index (χ4v) is 11.6. The van der Waals surface area contributed by atoms with Crippen molar-refractivity contribution in [2.75, 3.05) is 78.5 Å². The van der Waals surface area contributed by atoms with Crippen LogP contribution in [0.25, 0.3) is 0 Å². The molecular weight excluding hydrogens is 1670 g/mol. The number of nitrogens with one attached hydrogen (secondary N) is 18. The first-order valence-electron chi connectivity index (χ1n) is 44.5. The van der Waals surface area contributed by atoms with E-state index in [4.69, 9.17) is 22.9 Å². The Morgan fingerprint density at radius 3 is 0.680 bits per heavy atom. The largest absolute Gasteiger partial charge is 0.368 e. The maximum absolute atomic E-state index is 12.4. The summed E-state index contributed by atoms with van der Waals surface area (Å²) in [5.74, 6) is -8.54. The van der Waals surface area contributed by atoms with Crippen LogP contribution in [-0.4, -0.2) is 268 Å². The zero-order valence-corrected chi connectivity index (χ0v) is 77.9. The first kappa shape index (κ1) is 123. The summed E-state index contributed by atoms with van der Waals surface area (Å²) in [5, 5.41) is 47.8. The lowest BCUT2D eigenvalue weighted by Crippen LogP contribution is -2.51. The average molecular weight is 1820 g/mol. The second-order valence-corrected chi connectivity index (χ2v) is 30.6. The molecule has 128 heavy (non-hydrogen) atoms. The summed E-state index contributed by atoms with van der Waals surface area (Å²) in [6.07, 6.45) is 9.85. The van der Waals surface area contributed by atoms with Gasteiger partial charge >= 0.3 is 0 Å². The molecule has 0 rings (SSSR count). The van der Waals surface area contributed by atoms with Crippen molar-refractivity contribution in [2.45, 2.75) is 324 Å². The topological polar surface area (TPSA) is 696 Å². The molecule has 26 N–H and O–H groups in total. The van der Waals surface area contributed by atoms with Crippen LogP contribution in [0.2, 0.25) is 0 Å². The van der Waals surface area contributed by atoms with Gasteiger partial charge in [0.2, 0.25) is 106 Å². The first-order valence-corrected chi connectivity index (χ1v) is 44.5. The highest BCUT2D eigenvalue weighted by molar-refractivity contribution is 5.97. The SMILES string of the molecule is CCCNCC(=O)NC(CCCNC(=O)CC(NC(=O)C(C)NC(C)=O)C(=O)CCC)C(N)=O.CCCNCC(=O)NC(CCCNC(=O)CC(NC(C)=O)C(=O)CCC)C(N)=O.CCCNCC(=O)NC(CCCNC(=O)CCC(NC(=O)C(C)NC(C)=O)C(=O)CCC)C(N)=O.CCCNCC(=O)NC(CCCNC(=O)CCC(NC(C)=O)C(=O)CCC)C(N)=O. The average Bonchev–Trinajstić information content (AvgIpc) is 0.885. The molecular formula is C84H154N22O22. The van der Waals surface area contributed by atoms with E-state index in [-0.39, 0.29) is 211 Å². The minimum absolute atomic E-state index is 0.00794. The minimum Gasteiger partial charge on any atom is -0.368 e. The predicted molar refractivity (Wildman–Crippen MR) is 479 cm³/mol. The van der Waals surface area contributed by atoms with Crippen molar-refractivity contribution in [3.63, 3.8) is 0 Å². The highest BCUT2D eigenvalue weighted by atomic mass is 16.2. The third-order valence-corrected chi connectivity index (χ3v) is 18.2. The number of carbonyl (C=O) groups is 22. The van der Waals surface area contributed by atoms with Gasteiger partial charge in [0.15, 0.2) is 23.1 Å². The predicted octanol–water partition coefficient (Wildman–Crippen LogP) is -3.74. The number of nitrogens with two attached hydrogens (primary N) is 4. The van der Waals surface area contributed by atoms with Gasteiger partial charge in [-0.25, -0.2) is 0 Å². The molecule has 0 aromatic carbocycles. The summed E-state index contributed by atoms with van der Waals surface area (Å²) in [6, 6.07) is -8.33. The van der Waals surface area contributed by atoms with E-state index in [2.05, 4.69) is 95.7 Å². The molecule has 0 saturated heterocycles. The maximum atomic E-state index is 12.4. The van der Waals surface area contributed by atoms with Gasteiger partial charge in [0, 0.05) is 92.4 Å². The summed E-state index contributed by atoms with van der Waals surface area (Å²) in [5.41, 5.74) is 21.3. The van der Waals surface area contributed by atoms with Crippen LogP contribution in [0.5, 0.6) is 0 Å². The molecule has 0 spiro atoms. The smallest absolute Gasteiger partial charge is 0.242 e. The van der Waals surface area contributed by atoms with Crippen LogP contribution in [0, 0.1) is 0 Å². The number of amides is 18. The Balaban J connectivity index is -0.000000803. The number of rotatable bonds is 70. The lowest BCUT2D eigenvalue weighted by molar-refractivity contribution is -0.132. The molecule has 44 nitrogen and oxygen atoms in total. The molecule has 0 aromatic rings. The molecule has 0 aliphatic carbocycles. The lowest BCUT2D eigenvalue weighted by Gasteiger charge is -2.20. The van der Waals surface area contributed by atoms with Crippen molar-refractivity contribution >= 4 is 129 Å². The summed E-state index contributed by atoms with van der Waals surface area (Å²) >= 11 is 0. The van der Waals surface area contributed by atoms with Gasteiger partial charge in [0.05, 0.1) is 63.2 Å². The normalized spacial score (nSPS) is 12.9. The summed E-state index contributed by atoms with van der Waals surface area (Å²) in [6.45, 7) is 27.6. The van der Waals surface area contributed by atoms with Crippen molar-refractivity contribution in [2.24, 2.45) is 22.9 Å². The van der Waals surface area contributed by atoms with Crippen LogP contribution in [0.15, 0.2) is 0 Å². The van der Waals surface area contributed by atoms with E-state index in [0.29, 0.717) is 96.9 Å². The monoisotopic (exact) mass is 1820 g/mol. The highest BCUT2D eigenvalue weighted by Gasteiger charge is 2.30. The first-order chi connectivity index (χ1) is 60.4. The lowest BCUT2D eigenvalue weighted by atomic mass is 10.0. The van der Waals surface area contributed by atoms with Crippen molar-refractivity contribution in [1.29, 1.82) is 0 Å². The van der Waals surface area contributed by atoms with Crippen molar-refractivity contribution in [3.8, 4) is 0 Å². The molecule has 10 atom stereocenters. The molecule has 0 heterocycles. The van der Waals surface area contributed by atoms with E-state index < -0.39 is 102 Å². The molecule has 0 saturated carbocycles. The van der Waals surface area contributed by atoms with Crippen LogP contribution in [0.3, 0.4) is 0 Å². The Labute approximate surface area is 753 Å². The number of carbonyl (C=O) groups excluding carboxylic acids is 22. The van der Waals surface area contributed by atoms with Gasteiger partial charge in [-0.15, -0.1) is 0 Å². The van der Waals surface area contributed by atoms with Crippen molar-refractivity contribution in [1.82, 2.24) is 95.7 Å². The van der Waals surface area contributed by atoms with Crippen LogP contribution in [-0.2, 0) is 105 Å².